The minimum atomic E-state index is -0.650. The van der Waals surface area contributed by atoms with Crippen LogP contribution < -0.4 is 0 Å². The minimum absolute atomic E-state index is 0.113. The van der Waals surface area contributed by atoms with Crippen molar-refractivity contribution < 1.29 is 14.6 Å². The fourth-order valence-electron chi connectivity index (χ4n) is 1.72. The lowest BCUT2D eigenvalue weighted by atomic mass is 9.97. The molecule has 0 bridgehead atoms. The number of rotatable bonds is 4. The normalized spacial score (nSPS) is 25.2. The first-order valence-electron chi connectivity index (χ1n) is 4.78. The first-order valence-corrected chi connectivity index (χ1v) is 4.78. The van der Waals surface area contributed by atoms with E-state index in [0.29, 0.717) is 0 Å². The zero-order valence-electron chi connectivity index (χ0n) is 7.61. The Kier molecular flexibility index (Phi) is 2.51. The summed E-state index contributed by atoms with van der Waals surface area (Å²) in [6.07, 6.45) is 1.16. The molecule has 0 saturated carbocycles. The highest BCUT2D eigenvalue weighted by atomic mass is 16.5. The number of hydrogen-bond donors (Lipinski definition) is 1. The first kappa shape index (κ1) is 8.97. The van der Waals surface area contributed by atoms with Crippen molar-refractivity contribution in [1.29, 1.82) is 0 Å². The van der Waals surface area contributed by atoms with Crippen molar-refractivity contribution in [2.45, 2.75) is 6.42 Å². The molecule has 0 radical (unpaired) electrons. The number of hydrogen-bond acceptors (Lipinski definition) is 3. The van der Waals surface area contributed by atoms with E-state index in [-0.39, 0.29) is 5.92 Å². The van der Waals surface area contributed by atoms with Gasteiger partial charge in [-0.3, -0.25) is 4.79 Å². The van der Waals surface area contributed by atoms with E-state index in [1.807, 2.05) is 0 Å². The van der Waals surface area contributed by atoms with Gasteiger partial charge in [0.1, 0.15) is 0 Å². The van der Waals surface area contributed by atoms with Gasteiger partial charge in [0.05, 0.1) is 19.1 Å². The first-order chi connectivity index (χ1) is 6.25. The molecule has 0 aromatic heterocycles. The summed E-state index contributed by atoms with van der Waals surface area (Å²) in [6, 6.07) is 0. The Labute approximate surface area is 77.5 Å². The lowest BCUT2D eigenvalue weighted by Gasteiger charge is -2.38. The van der Waals surface area contributed by atoms with Gasteiger partial charge < -0.3 is 14.7 Å². The predicted octanol–water partition coefficient (Wildman–Crippen LogP) is 0.0393. The molecule has 1 N–H and O–H groups in total. The van der Waals surface area contributed by atoms with Gasteiger partial charge >= 0.3 is 5.97 Å². The number of aliphatic carboxylic acids is 1. The monoisotopic (exact) mass is 185 g/mol. The molecule has 74 valence electrons. The number of likely N-dealkylation sites (tertiary alicyclic amines) is 1. The molecule has 2 saturated heterocycles. The van der Waals surface area contributed by atoms with E-state index in [9.17, 15) is 4.79 Å². The maximum absolute atomic E-state index is 10.5. The van der Waals surface area contributed by atoms with Gasteiger partial charge in [0.25, 0.3) is 0 Å². The molecule has 0 aliphatic carbocycles. The van der Waals surface area contributed by atoms with Crippen LogP contribution in [0, 0.1) is 11.8 Å². The quantitative estimate of drug-likeness (QED) is 0.671. The van der Waals surface area contributed by atoms with Gasteiger partial charge in [-0.25, -0.2) is 0 Å². The molecule has 4 heteroatoms. The number of carboxylic acids is 1. The van der Waals surface area contributed by atoms with Crippen molar-refractivity contribution in [2.24, 2.45) is 11.8 Å². The van der Waals surface area contributed by atoms with Gasteiger partial charge in [0, 0.05) is 19.0 Å². The Morgan fingerprint density at radius 1 is 1.46 bits per heavy atom. The van der Waals surface area contributed by atoms with Crippen LogP contribution in [0.1, 0.15) is 6.42 Å². The third-order valence-corrected chi connectivity index (χ3v) is 2.87. The van der Waals surface area contributed by atoms with E-state index in [1.54, 1.807) is 0 Å². The molecule has 0 amide bonds. The van der Waals surface area contributed by atoms with Crippen molar-refractivity contribution in [3.8, 4) is 0 Å². The molecule has 4 nitrogen and oxygen atoms in total. The van der Waals surface area contributed by atoms with Crippen molar-refractivity contribution in [1.82, 2.24) is 4.90 Å². The Balaban J connectivity index is 1.56. The number of ether oxygens (including phenoxy) is 1. The van der Waals surface area contributed by atoms with Gasteiger partial charge in [-0.05, 0) is 13.0 Å². The highest BCUT2D eigenvalue weighted by Crippen LogP contribution is 2.19. The highest BCUT2D eigenvalue weighted by Gasteiger charge is 2.32. The maximum atomic E-state index is 10.5. The molecule has 2 aliphatic rings. The van der Waals surface area contributed by atoms with Crippen LogP contribution in [0.25, 0.3) is 0 Å². The third-order valence-electron chi connectivity index (χ3n) is 2.87. The molecule has 0 spiro atoms. The number of carboxylic acid groups (broad SMARTS) is 1. The molecule has 13 heavy (non-hydrogen) atoms. The smallest absolute Gasteiger partial charge is 0.309 e. The van der Waals surface area contributed by atoms with Crippen LogP contribution in [0.4, 0.5) is 0 Å². The lowest BCUT2D eigenvalue weighted by molar-refractivity contribution is -0.147. The van der Waals surface area contributed by atoms with Gasteiger partial charge in [0.15, 0.2) is 0 Å². The second kappa shape index (κ2) is 3.64. The Bertz CT molecular complexity index is 197. The van der Waals surface area contributed by atoms with Crippen molar-refractivity contribution in [3.05, 3.63) is 0 Å². The molecule has 2 heterocycles. The van der Waals surface area contributed by atoms with E-state index in [4.69, 9.17) is 9.84 Å². The standard InChI is InChI=1S/C9H15NO3/c11-9(12)8-3-10(4-8)2-1-7-5-13-6-7/h7-8H,1-6H2,(H,11,12). The van der Waals surface area contributed by atoms with E-state index in [2.05, 4.69) is 4.90 Å². The summed E-state index contributed by atoms with van der Waals surface area (Å²) >= 11 is 0. The molecule has 2 rings (SSSR count). The van der Waals surface area contributed by atoms with Gasteiger partial charge in [-0.2, -0.15) is 0 Å². The fraction of sp³-hybridized carbons (Fsp3) is 0.889. The Morgan fingerprint density at radius 2 is 2.15 bits per heavy atom. The lowest BCUT2D eigenvalue weighted by Crippen LogP contribution is -2.51. The molecule has 2 aliphatic heterocycles. The van der Waals surface area contributed by atoms with E-state index >= 15 is 0 Å². The summed E-state index contributed by atoms with van der Waals surface area (Å²) in [4.78, 5) is 12.7. The molecule has 0 unspecified atom stereocenters. The number of nitrogens with zero attached hydrogens (tertiary/aromatic N) is 1. The molecule has 2 fully saturated rings. The fourth-order valence-corrected chi connectivity index (χ4v) is 1.72. The largest absolute Gasteiger partial charge is 0.481 e. The van der Waals surface area contributed by atoms with Crippen LogP contribution in [-0.4, -0.2) is 48.8 Å². The van der Waals surface area contributed by atoms with Crippen molar-refractivity contribution in [2.75, 3.05) is 32.8 Å². The summed E-state index contributed by atoms with van der Waals surface area (Å²) in [6.45, 7) is 4.32. The van der Waals surface area contributed by atoms with Gasteiger partial charge in [-0.15, -0.1) is 0 Å². The molecule has 0 aromatic rings. The summed E-state index contributed by atoms with van der Waals surface area (Å²) in [5.41, 5.74) is 0. The zero-order valence-corrected chi connectivity index (χ0v) is 7.61. The van der Waals surface area contributed by atoms with Crippen molar-refractivity contribution in [3.63, 3.8) is 0 Å². The van der Waals surface area contributed by atoms with Crippen LogP contribution in [-0.2, 0) is 9.53 Å². The minimum Gasteiger partial charge on any atom is -0.481 e. The van der Waals surface area contributed by atoms with Crippen LogP contribution in [0.3, 0.4) is 0 Å². The summed E-state index contributed by atoms with van der Waals surface area (Å²) < 4.78 is 5.07. The van der Waals surface area contributed by atoms with Crippen LogP contribution in [0.15, 0.2) is 0 Å². The van der Waals surface area contributed by atoms with E-state index < -0.39 is 5.97 Å². The third kappa shape index (κ3) is 2.00. The summed E-state index contributed by atoms with van der Waals surface area (Å²) in [5, 5.41) is 8.64. The Morgan fingerprint density at radius 3 is 2.62 bits per heavy atom. The second-order valence-corrected chi connectivity index (χ2v) is 3.99. The topological polar surface area (TPSA) is 49.8 Å². The van der Waals surface area contributed by atoms with Gasteiger partial charge in [-0.1, -0.05) is 0 Å². The second-order valence-electron chi connectivity index (χ2n) is 3.99. The molecular weight excluding hydrogens is 170 g/mol. The molecule has 0 atom stereocenters. The SMILES string of the molecule is O=C(O)C1CN(CCC2COC2)C1. The predicted molar refractivity (Wildman–Crippen MR) is 46.5 cm³/mol. The van der Waals surface area contributed by atoms with Gasteiger partial charge in [0.2, 0.25) is 0 Å². The van der Waals surface area contributed by atoms with Crippen LogP contribution >= 0.6 is 0 Å². The average molecular weight is 185 g/mol. The summed E-state index contributed by atoms with van der Waals surface area (Å²) in [7, 11) is 0. The van der Waals surface area contributed by atoms with E-state index in [0.717, 1.165) is 45.2 Å². The average Bonchev–Trinajstić information content (AvgIpc) is 1.88. The number of carbonyl (C=O) groups is 1. The Hall–Kier alpha value is -0.610. The van der Waals surface area contributed by atoms with Crippen molar-refractivity contribution >= 4 is 5.97 Å². The van der Waals surface area contributed by atoms with Crippen LogP contribution in [0.5, 0.6) is 0 Å². The maximum Gasteiger partial charge on any atom is 0.309 e. The molecular formula is C9H15NO3. The van der Waals surface area contributed by atoms with E-state index in [1.165, 1.54) is 0 Å². The molecule has 0 aromatic carbocycles. The van der Waals surface area contributed by atoms with Crippen LogP contribution in [0.2, 0.25) is 0 Å². The zero-order chi connectivity index (χ0) is 9.26. The summed E-state index contributed by atoms with van der Waals surface area (Å²) in [5.74, 6) is -0.0373. The highest BCUT2D eigenvalue weighted by molar-refractivity contribution is 5.71.